The van der Waals surface area contributed by atoms with E-state index < -0.39 is 10.0 Å². The molecule has 1 N–H and O–H groups in total. The molecule has 0 aromatic heterocycles. The molecule has 122 valence electrons. The first-order chi connectivity index (χ1) is 10.5. The predicted molar refractivity (Wildman–Crippen MR) is 87.3 cm³/mol. The van der Waals surface area contributed by atoms with Gasteiger partial charge >= 0.3 is 0 Å². The van der Waals surface area contributed by atoms with Crippen LogP contribution in [-0.4, -0.2) is 44.0 Å². The zero-order valence-corrected chi connectivity index (χ0v) is 13.9. The van der Waals surface area contributed by atoms with Crippen molar-refractivity contribution in [1.29, 1.82) is 0 Å². The van der Waals surface area contributed by atoms with E-state index in [1.54, 1.807) is 16.4 Å². The highest BCUT2D eigenvalue weighted by Crippen LogP contribution is 2.13. The number of sulfonamides is 1. The number of nitrogens with one attached hydrogen (secondary N) is 1. The van der Waals surface area contributed by atoms with Crippen LogP contribution >= 0.6 is 0 Å². The summed E-state index contributed by atoms with van der Waals surface area (Å²) in [7, 11) is -3.27. The van der Waals surface area contributed by atoms with Crippen LogP contribution in [0.3, 0.4) is 0 Å². The number of amides is 1. The lowest BCUT2D eigenvalue weighted by Gasteiger charge is -2.19. The van der Waals surface area contributed by atoms with Gasteiger partial charge in [-0.25, -0.2) is 12.7 Å². The molecule has 0 unspecified atom stereocenters. The van der Waals surface area contributed by atoms with Crippen molar-refractivity contribution in [3.63, 3.8) is 0 Å². The number of hydrogen-bond donors (Lipinski definition) is 1. The molecule has 1 saturated heterocycles. The number of aryl methyl sites for hydroxylation is 1. The average molecular weight is 324 g/mol. The molecule has 0 saturated carbocycles. The minimum atomic E-state index is -3.27. The molecule has 5 nitrogen and oxygen atoms in total. The maximum absolute atomic E-state index is 12.3. The van der Waals surface area contributed by atoms with Crippen molar-refractivity contribution in [2.24, 2.45) is 0 Å². The lowest BCUT2D eigenvalue weighted by Crippen LogP contribution is -2.38. The average Bonchev–Trinajstić information content (AvgIpc) is 2.76. The zero-order valence-electron chi connectivity index (χ0n) is 13.0. The fraction of sp³-hybridized carbons (Fsp3) is 0.562. The van der Waals surface area contributed by atoms with Gasteiger partial charge in [0.05, 0.1) is 5.75 Å². The zero-order chi connectivity index (χ0) is 16.0. The lowest BCUT2D eigenvalue weighted by atomic mass is 10.1. The molecule has 1 aliphatic heterocycles. The SMILES string of the molecule is Cc1cccc(C(=O)NCCS(=O)(=O)N2CCCCCC2)c1. The summed E-state index contributed by atoms with van der Waals surface area (Å²) in [6.45, 7) is 3.27. The van der Waals surface area contributed by atoms with Crippen LogP contribution in [0.1, 0.15) is 41.6 Å². The second-order valence-corrected chi connectivity index (χ2v) is 7.84. The van der Waals surface area contributed by atoms with Crippen LogP contribution in [0.15, 0.2) is 24.3 Å². The molecular formula is C16H24N2O3S. The van der Waals surface area contributed by atoms with Crippen molar-refractivity contribution < 1.29 is 13.2 Å². The summed E-state index contributed by atoms with van der Waals surface area (Å²) in [6, 6.07) is 7.25. The van der Waals surface area contributed by atoms with Gasteiger partial charge in [-0.15, -0.1) is 0 Å². The Morgan fingerprint density at radius 2 is 1.86 bits per heavy atom. The largest absolute Gasteiger partial charge is 0.351 e. The number of carbonyl (C=O) groups excluding carboxylic acids is 1. The normalized spacial score (nSPS) is 17.0. The van der Waals surface area contributed by atoms with Gasteiger partial charge in [0.1, 0.15) is 0 Å². The monoisotopic (exact) mass is 324 g/mol. The van der Waals surface area contributed by atoms with Crippen molar-refractivity contribution >= 4 is 15.9 Å². The lowest BCUT2D eigenvalue weighted by molar-refractivity contribution is 0.0956. The first-order valence-electron chi connectivity index (χ1n) is 7.82. The third-order valence-electron chi connectivity index (χ3n) is 3.88. The smallest absolute Gasteiger partial charge is 0.251 e. The van der Waals surface area contributed by atoms with Crippen LogP contribution in [0.5, 0.6) is 0 Å². The van der Waals surface area contributed by atoms with E-state index in [-0.39, 0.29) is 18.2 Å². The summed E-state index contributed by atoms with van der Waals surface area (Å²) < 4.78 is 26.1. The van der Waals surface area contributed by atoms with E-state index in [9.17, 15) is 13.2 Å². The maximum atomic E-state index is 12.3. The van der Waals surface area contributed by atoms with E-state index in [0.29, 0.717) is 18.7 Å². The summed E-state index contributed by atoms with van der Waals surface area (Å²) in [5.41, 5.74) is 1.57. The standard InChI is InChI=1S/C16H24N2O3S/c1-14-7-6-8-15(13-14)16(19)17-9-12-22(20,21)18-10-4-2-3-5-11-18/h6-8,13H,2-5,9-12H2,1H3,(H,17,19). The third kappa shape index (κ3) is 4.81. The predicted octanol–water partition coefficient (Wildman–Crippen LogP) is 1.93. The van der Waals surface area contributed by atoms with Gasteiger partial charge in [-0.1, -0.05) is 30.5 Å². The van der Waals surface area contributed by atoms with Gasteiger partial charge < -0.3 is 5.32 Å². The molecule has 0 bridgehead atoms. The number of benzene rings is 1. The Hall–Kier alpha value is -1.40. The Morgan fingerprint density at radius 3 is 2.50 bits per heavy atom. The molecule has 0 radical (unpaired) electrons. The molecule has 0 atom stereocenters. The Labute approximate surface area is 132 Å². The fourth-order valence-corrected chi connectivity index (χ4v) is 4.06. The van der Waals surface area contributed by atoms with Gasteiger partial charge in [-0.2, -0.15) is 0 Å². The van der Waals surface area contributed by atoms with Crippen LogP contribution in [0.25, 0.3) is 0 Å². The van der Waals surface area contributed by atoms with Gasteiger partial charge in [0.2, 0.25) is 10.0 Å². The first kappa shape index (κ1) is 17.0. The first-order valence-corrected chi connectivity index (χ1v) is 9.43. The minimum absolute atomic E-state index is 0.0371. The third-order valence-corrected chi connectivity index (χ3v) is 5.76. The van der Waals surface area contributed by atoms with Gasteiger partial charge in [-0.3, -0.25) is 4.79 Å². The van der Waals surface area contributed by atoms with Crippen LogP contribution < -0.4 is 5.32 Å². The van der Waals surface area contributed by atoms with Crippen LogP contribution in [0.2, 0.25) is 0 Å². The quantitative estimate of drug-likeness (QED) is 0.900. The van der Waals surface area contributed by atoms with Crippen molar-refractivity contribution in [1.82, 2.24) is 9.62 Å². The van der Waals surface area contributed by atoms with Gasteiger partial charge in [0.25, 0.3) is 5.91 Å². The molecular weight excluding hydrogens is 300 g/mol. The number of hydrogen-bond acceptors (Lipinski definition) is 3. The Balaban J connectivity index is 1.85. The Kier molecular flexibility index (Phi) is 5.97. The molecule has 0 aliphatic carbocycles. The molecule has 1 aromatic rings. The van der Waals surface area contributed by atoms with E-state index in [0.717, 1.165) is 31.2 Å². The molecule has 1 amide bonds. The summed E-state index contributed by atoms with van der Waals surface area (Å²) in [5.74, 6) is -0.264. The topological polar surface area (TPSA) is 66.5 Å². The van der Waals surface area contributed by atoms with Crippen molar-refractivity contribution in [2.75, 3.05) is 25.4 Å². The molecule has 1 aliphatic rings. The summed E-state index contributed by atoms with van der Waals surface area (Å²) in [4.78, 5) is 12.0. The maximum Gasteiger partial charge on any atom is 0.251 e. The molecule has 22 heavy (non-hydrogen) atoms. The summed E-state index contributed by atoms with van der Waals surface area (Å²) in [6.07, 6.45) is 4.04. The van der Waals surface area contributed by atoms with Gasteiger partial charge in [0, 0.05) is 25.2 Å². The molecule has 6 heteroatoms. The van der Waals surface area contributed by atoms with E-state index >= 15 is 0 Å². The molecule has 0 spiro atoms. The number of nitrogens with zero attached hydrogens (tertiary/aromatic N) is 1. The van der Waals surface area contributed by atoms with Crippen LogP contribution in [0, 0.1) is 6.92 Å². The van der Waals surface area contributed by atoms with E-state index in [2.05, 4.69) is 5.32 Å². The molecule has 1 fully saturated rings. The van der Waals surface area contributed by atoms with E-state index in [1.165, 1.54) is 0 Å². The summed E-state index contributed by atoms with van der Waals surface area (Å²) in [5, 5.41) is 2.69. The highest BCUT2D eigenvalue weighted by molar-refractivity contribution is 7.89. The Bertz CT molecular complexity index is 606. The van der Waals surface area contributed by atoms with E-state index in [4.69, 9.17) is 0 Å². The number of carbonyl (C=O) groups is 1. The van der Waals surface area contributed by atoms with Gasteiger partial charge in [-0.05, 0) is 31.9 Å². The molecule has 1 heterocycles. The second kappa shape index (κ2) is 7.74. The van der Waals surface area contributed by atoms with Crippen LogP contribution in [-0.2, 0) is 10.0 Å². The minimum Gasteiger partial charge on any atom is -0.351 e. The molecule has 1 aromatic carbocycles. The highest BCUT2D eigenvalue weighted by atomic mass is 32.2. The molecule has 2 rings (SSSR count). The Morgan fingerprint density at radius 1 is 1.18 bits per heavy atom. The fourth-order valence-electron chi connectivity index (χ4n) is 2.63. The van der Waals surface area contributed by atoms with Crippen molar-refractivity contribution in [2.45, 2.75) is 32.6 Å². The van der Waals surface area contributed by atoms with Crippen molar-refractivity contribution in [3.8, 4) is 0 Å². The van der Waals surface area contributed by atoms with E-state index in [1.807, 2.05) is 19.1 Å². The second-order valence-electron chi connectivity index (χ2n) is 5.75. The van der Waals surface area contributed by atoms with Crippen LogP contribution in [0.4, 0.5) is 0 Å². The van der Waals surface area contributed by atoms with Gasteiger partial charge in [0.15, 0.2) is 0 Å². The van der Waals surface area contributed by atoms with Crippen molar-refractivity contribution in [3.05, 3.63) is 35.4 Å². The highest BCUT2D eigenvalue weighted by Gasteiger charge is 2.22. The summed E-state index contributed by atoms with van der Waals surface area (Å²) >= 11 is 0. The number of rotatable bonds is 5.